The van der Waals surface area contributed by atoms with Gasteiger partial charge in [-0.25, -0.2) is 4.39 Å². The fourth-order valence-electron chi connectivity index (χ4n) is 1.83. The molecule has 0 unspecified atom stereocenters. The Hall–Kier alpha value is -1.75. The largest absolute Gasteiger partial charge is 0.497 e. The smallest absolute Gasteiger partial charge is 0.133 e. The Labute approximate surface area is 131 Å². The van der Waals surface area contributed by atoms with Gasteiger partial charge in [-0.15, -0.1) is 0 Å². The van der Waals surface area contributed by atoms with E-state index < -0.39 is 0 Å². The van der Waals surface area contributed by atoms with Gasteiger partial charge in [-0.05, 0) is 18.2 Å². The average Bonchev–Trinajstić information content (AvgIpc) is 2.53. The number of hydrogen-bond acceptors (Lipinski definition) is 3. The van der Waals surface area contributed by atoms with Crippen molar-refractivity contribution >= 4 is 15.9 Å². The van der Waals surface area contributed by atoms with Crippen molar-refractivity contribution in [2.45, 2.75) is 11.9 Å². The van der Waals surface area contributed by atoms with Gasteiger partial charge >= 0.3 is 0 Å². The monoisotopic (exact) mass is 354 g/mol. The van der Waals surface area contributed by atoms with Crippen LogP contribution in [0, 0.1) is 5.82 Å². The lowest BCUT2D eigenvalue weighted by Crippen LogP contribution is -2.01. The highest BCUT2D eigenvalue weighted by Crippen LogP contribution is 2.28. The number of methoxy groups -OCH3 is 2. The standard InChI is InChI=1S/C16H16BrFO3/c1-19-13-6-4-12(15(18)7-13)10-21-16-8-14(20-2)5-3-11(16)9-17/h3-8H,9-10H2,1-2H3. The van der Waals surface area contributed by atoms with Gasteiger partial charge in [-0.1, -0.05) is 22.0 Å². The van der Waals surface area contributed by atoms with Gasteiger partial charge in [-0.3, -0.25) is 0 Å². The molecule has 2 aromatic carbocycles. The summed E-state index contributed by atoms with van der Waals surface area (Å²) in [6.07, 6.45) is 0. The molecule has 0 aromatic heterocycles. The molecule has 0 amide bonds. The molecule has 0 fully saturated rings. The highest BCUT2D eigenvalue weighted by molar-refractivity contribution is 9.08. The first-order valence-corrected chi connectivity index (χ1v) is 7.48. The van der Waals surface area contributed by atoms with Crippen LogP contribution in [-0.4, -0.2) is 14.2 Å². The van der Waals surface area contributed by atoms with E-state index in [1.54, 1.807) is 25.3 Å². The van der Waals surface area contributed by atoms with Crippen LogP contribution in [0.4, 0.5) is 4.39 Å². The van der Waals surface area contributed by atoms with Gasteiger partial charge < -0.3 is 14.2 Å². The molecule has 2 rings (SSSR count). The summed E-state index contributed by atoms with van der Waals surface area (Å²) in [5.41, 5.74) is 1.45. The van der Waals surface area contributed by atoms with Crippen LogP contribution in [0.15, 0.2) is 36.4 Å². The van der Waals surface area contributed by atoms with Crippen LogP contribution in [-0.2, 0) is 11.9 Å². The van der Waals surface area contributed by atoms with Crippen molar-refractivity contribution in [2.24, 2.45) is 0 Å². The predicted octanol–water partition coefficient (Wildman–Crippen LogP) is 4.32. The third-order valence-electron chi connectivity index (χ3n) is 3.06. The maximum Gasteiger partial charge on any atom is 0.133 e. The summed E-state index contributed by atoms with van der Waals surface area (Å²) in [6.45, 7) is 0.142. The summed E-state index contributed by atoms with van der Waals surface area (Å²) in [5.74, 6) is 1.50. The zero-order chi connectivity index (χ0) is 15.2. The highest BCUT2D eigenvalue weighted by Gasteiger charge is 2.08. The van der Waals surface area contributed by atoms with Crippen LogP contribution in [0.3, 0.4) is 0 Å². The van der Waals surface area contributed by atoms with Crippen LogP contribution in [0.1, 0.15) is 11.1 Å². The molecule has 0 bridgehead atoms. The van der Waals surface area contributed by atoms with Gasteiger partial charge in [0.05, 0.1) is 14.2 Å². The van der Waals surface area contributed by atoms with E-state index in [0.29, 0.717) is 28.1 Å². The van der Waals surface area contributed by atoms with E-state index in [1.165, 1.54) is 13.2 Å². The van der Waals surface area contributed by atoms with Gasteiger partial charge in [-0.2, -0.15) is 0 Å². The topological polar surface area (TPSA) is 27.7 Å². The maximum atomic E-state index is 13.9. The first-order chi connectivity index (χ1) is 10.2. The molecule has 0 aliphatic heterocycles. The van der Waals surface area contributed by atoms with Crippen molar-refractivity contribution in [2.75, 3.05) is 14.2 Å². The van der Waals surface area contributed by atoms with Gasteiger partial charge in [0.25, 0.3) is 0 Å². The molecule has 3 nitrogen and oxygen atoms in total. The van der Waals surface area contributed by atoms with Gasteiger partial charge in [0.2, 0.25) is 0 Å². The number of halogens is 2. The summed E-state index contributed by atoms with van der Waals surface area (Å²) in [7, 11) is 3.10. The van der Waals surface area contributed by atoms with Crippen molar-refractivity contribution < 1.29 is 18.6 Å². The minimum atomic E-state index is -0.349. The zero-order valence-corrected chi connectivity index (χ0v) is 13.4. The van der Waals surface area contributed by atoms with E-state index in [1.807, 2.05) is 12.1 Å². The van der Waals surface area contributed by atoms with Gasteiger partial charge in [0.1, 0.15) is 29.7 Å². The molecule has 0 saturated carbocycles. The fraction of sp³-hybridized carbons (Fsp3) is 0.250. The molecule has 0 N–H and O–H groups in total. The zero-order valence-electron chi connectivity index (χ0n) is 11.9. The molecule has 0 radical (unpaired) electrons. The normalized spacial score (nSPS) is 10.3. The Morgan fingerprint density at radius 1 is 0.952 bits per heavy atom. The van der Waals surface area contributed by atoms with Crippen LogP contribution < -0.4 is 14.2 Å². The summed E-state index contributed by atoms with van der Waals surface area (Å²) in [5, 5.41) is 0.650. The number of alkyl halides is 1. The first kappa shape index (κ1) is 15.6. The van der Waals surface area contributed by atoms with E-state index in [9.17, 15) is 4.39 Å². The molecular weight excluding hydrogens is 339 g/mol. The summed E-state index contributed by atoms with van der Waals surface area (Å²) < 4.78 is 29.7. The van der Waals surface area contributed by atoms with Gasteiger partial charge in [0, 0.05) is 28.6 Å². The van der Waals surface area contributed by atoms with E-state index in [-0.39, 0.29) is 12.4 Å². The molecule has 2 aromatic rings. The lowest BCUT2D eigenvalue weighted by Gasteiger charge is -2.12. The lowest BCUT2D eigenvalue weighted by molar-refractivity contribution is 0.295. The SMILES string of the molecule is COc1ccc(COc2cc(OC)ccc2CBr)c(F)c1. The third-order valence-corrected chi connectivity index (χ3v) is 3.67. The minimum Gasteiger partial charge on any atom is -0.497 e. The Balaban J connectivity index is 2.15. The average molecular weight is 355 g/mol. The van der Waals surface area contributed by atoms with Crippen LogP contribution in [0.2, 0.25) is 0 Å². The molecule has 0 atom stereocenters. The maximum absolute atomic E-state index is 13.9. The van der Waals surface area contributed by atoms with Crippen LogP contribution in [0.25, 0.3) is 0 Å². The first-order valence-electron chi connectivity index (χ1n) is 6.36. The Bertz CT molecular complexity index is 616. The number of hydrogen-bond donors (Lipinski definition) is 0. The molecule has 0 spiro atoms. The molecular formula is C16H16BrFO3. The van der Waals surface area contributed by atoms with Crippen molar-refractivity contribution in [1.29, 1.82) is 0 Å². The number of rotatable bonds is 6. The van der Waals surface area contributed by atoms with E-state index >= 15 is 0 Å². The lowest BCUT2D eigenvalue weighted by atomic mass is 10.2. The summed E-state index contributed by atoms with van der Waals surface area (Å²) in [4.78, 5) is 0. The Kier molecular flexibility index (Phi) is 5.44. The molecule has 0 aliphatic rings. The second kappa shape index (κ2) is 7.31. The van der Waals surface area contributed by atoms with Crippen LogP contribution in [0.5, 0.6) is 17.2 Å². The van der Waals surface area contributed by atoms with Crippen LogP contribution >= 0.6 is 15.9 Å². The van der Waals surface area contributed by atoms with Crippen molar-refractivity contribution in [3.8, 4) is 17.2 Å². The van der Waals surface area contributed by atoms with Crippen molar-refractivity contribution in [1.82, 2.24) is 0 Å². The quantitative estimate of drug-likeness (QED) is 0.723. The van der Waals surface area contributed by atoms with Gasteiger partial charge in [0.15, 0.2) is 0 Å². The fourth-order valence-corrected chi connectivity index (χ4v) is 2.30. The number of benzene rings is 2. The second-order valence-electron chi connectivity index (χ2n) is 4.35. The third kappa shape index (κ3) is 3.88. The second-order valence-corrected chi connectivity index (χ2v) is 4.91. The molecule has 0 heterocycles. The number of ether oxygens (including phenoxy) is 3. The summed E-state index contributed by atoms with van der Waals surface area (Å²) in [6, 6.07) is 10.3. The van der Waals surface area contributed by atoms with Crippen molar-refractivity contribution in [3.05, 3.63) is 53.3 Å². The highest BCUT2D eigenvalue weighted by atomic mass is 79.9. The Morgan fingerprint density at radius 2 is 1.57 bits per heavy atom. The summed E-state index contributed by atoms with van der Waals surface area (Å²) >= 11 is 3.40. The van der Waals surface area contributed by atoms with Crippen molar-refractivity contribution in [3.63, 3.8) is 0 Å². The minimum absolute atomic E-state index is 0.142. The molecule has 5 heteroatoms. The molecule has 0 saturated heterocycles. The molecule has 21 heavy (non-hydrogen) atoms. The Morgan fingerprint density at radius 3 is 2.14 bits per heavy atom. The van der Waals surface area contributed by atoms with E-state index in [2.05, 4.69) is 15.9 Å². The van der Waals surface area contributed by atoms with E-state index in [4.69, 9.17) is 14.2 Å². The molecule has 0 aliphatic carbocycles. The predicted molar refractivity (Wildman–Crippen MR) is 82.9 cm³/mol. The molecule has 112 valence electrons. The van der Waals surface area contributed by atoms with E-state index in [0.717, 1.165) is 5.56 Å².